The van der Waals surface area contributed by atoms with E-state index in [1.165, 1.54) is 26.7 Å². The fourth-order valence-electron chi connectivity index (χ4n) is 6.50. The van der Waals surface area contributed by atoms with Crippen LogP contribution < -0.4 is 25.6 Å². The average molecular weight is 547 g/mol. The predicted molar refractivity (Wildman–Crippen MR) is 170 cm³/mol. The van der Waals surface area contributed by atoms with Crippen molar-refractivity contribution in [2.24, 2.45) is 0 Å². The van der Waals surface area contributed by atoms with Crippen molar-refractivity contribution in [3.8, 4) is 22.8 Å². The lowest BCUT2D eigenvalue weighted by atomic mass is 9.77. The molecular formula is C37H30N2OSi. The summed E-state index contributed by atoms with van der Waals surface area (Å²) in [7, 11) is -2.78. The molecule has 0 aliphatic carbocycles. The van der Waals surface area contributed by atoms with Crippen LogP contribution in [0.4, 0.5) is 0 Å². The van der Waals surface area contributed by atoms with Gasteiger partial charge in [-0.1, -0.05) is 98.8 Å². The number of hydrogen-bond acceptors (Lipinski definition) is 3. The summed E-state index contributed by atoms with van der Waals surface area (Å²) < 4.78 is 6.54. The van der Waals surface area contributed by atoms with E-state index in [4.69, 9.17) is 9.72 Å². The van der Waals surface area contributed by atoms with Gasteiger partial charge in [0.25, 0.3) is 0 Å². The lowest BCUT2D eigenvalue weighted by molar-refractivity contribution is 0.483. The molecule has 7 rings (SSSR count). The van der Waals surface area contributed by atoms with Gasteiger partial charge in [0.15, 0.2) is 0 Å². The zero-order valence-corrected chi connectivity index (χ0v) is 24.2. The Kier molecular flexibility index (Phi) is 6.13. The van der Waals surface area contributed by atoms with Crippen molar-refractivity contribution < 1.29 is 4.74 Å². The minimum Gasteiger partial charge on any atom is -0.457 e. The molecule has 1 aliphatic heterocycles. The molecule has 3 nitrogen and oxygen atoms in total. The van der Waals surface area contributed by atoms with Gasteiger partial charge in [0.05, 0.1) is 5.69 Å². The Hall–Kier alpha value is -4.80. The van der Waals surface area contributed by atoms with Gasteiger partial charge in [-0.05, 0) is 75.2 Å². The molecule has 41 heavy (non-hydrogen) atoms. The van der Waals surface area contributed by atoms with Gasteiger partial charge in [-0.3, -0.25) is 9.97 Å². The lowest BCUT2D eigenvalue weighted by Crippen LogP contribution is -2.79. The molecule has 4 aromatic carbocycles. The summed E-state index contributed by atoms with van der Waals surface area (Å²) in [6.45, 7) is 4.69. The second kappa shape index (κ2) is 9.99. The van der Waals surface area contributed by atoms with Crippen molar-refractivity contribution in [3.63, 3.8) is 0 Å². The van der Waals surface area contributed by atoms with Gasteiger partial charge in [-0.15, -0.1) is 0 Å². The second-order valence-corrected chi connectivity index (χ2v) is 14.7. The number of fused-ring (bicyclic) bond motifs is 2. The molecule has 0 spiro atoms. The monoisotopic (exact) mass is 546 g/mol. The number of aromatic nitrogens is 2. The van der Waals surface area contributed by atoms with Gasteiger partial charge >= 0.3 is 0 Å². The third-order valence-corrected chi connectivity index (χ3v) is 13.1. The smallest absolute Gasteiger partial charge is 0.202 e. The first kappa shape index (κ1) is 25.2. The first-order valence-corrected chi connectivity index (χ1v) is 16.0. The van der Waals surface area contributed by atoms with Crippen LogP contribution in [0.1, 0.15) is 25.0 Å². The molecule has 0 bridgehead atoms. The van der Waals surface area contributed by atoms with E-state index in [2.05, 4.69) is 110 Å². The number of rotatable bonds is 5. The van der Waals surface area contributed by atoms with E-state index < -0.39 is 8.07 Å². The van der Waals surface area contributed by atoms with Gasteiger partial charge < -0.3 is 4.74 Å². The summed E-state index contributed by atoms with van der Waals surface area (Å²) in [6.07, 6.45) is 3.74. The number of benzene rings is 4. The van der Waals surface area contributed by atoms with E-state index in [-0.39, 0.29) is 5.41 Å². The van der Waals surface area contributed by atoms with Crippen LogP contribution in [0.3, 0.4) is 0 Å². The Morgan fingerprint density at radius 3 is 1.83 bits per heavy atom. The number of ether oxygens (including phenoxy) is 1. The molecule has 1 aliphatic rings. The molecule has 3 heterocycles. The Morgan fingerprint density at radius 2 is 1.17 bits per heavy atom. The van der Waals surface area contributed by atoms with Crippen LogP contribution in [0.25, 0.3) is 11.3 Å². The standard InChI is InChI=1S/C37H30N2OSi/c1-37(2)31-17-3-5-20-34(31)41(36-22-8-10-24-39-36,35-21-6-4-18-32(35)37)30-16-12-15-29(26-30)40-28-14-11-13-27(25-28)33-19-7-9-23-38-33/h3-26H,1-2H3. The maximum absolute atomic E-state index is 6.54. The molecule has 0 saturated heterocycles. The van der Waals surface area contributed by atoms with Gasteiger partial charge in [0.2, 0.25) is 8.07 Å². The van der Waals surface area contributed by atoms with Gasteiger partial charge in [0, 0.05) is 28.7 Å². The van der Waals surface area contributed by atoms with Crippen molar-refractivity contribution in [2.45, 2.75) is 19.3 Å². The zero-order chi connectivity index (χ0) is 27.9. The van der Waals surface area contributed by atoms with Crippen molar-refractivity contribution in [2.75, 3.05) is 0 Å². The molecule has 0 unspecified atom stereocenters. The van der Waals surface area contributed by atoms with E-state index >= 15 is 0 Å². The summed E-state index contributed by atoms with van der Waals surface area (Å²) in [5, 5.41) is 5.16. The van der Waals surface area contributed by atoms with E-state index in [0.717, 1.165) is 28.1 Å². The molecular weight excluding hydrogens is 517 g/mol. The van der Waals surface area contributed by atoms with Gasteiger partial charge in [-0.2, -0.15) is 0 Å². The summed E-state index contributed by atoms with van der Waals surface area (Å²) in [5.41, 5.74) is 4.55. The largest absolute Gasteiger partial charge is 0.457 e. The molecule has 0 amide bonds. The van der Waals surface area contributed by atoms with Crippen LogP contribution in [-0.4, -0.2) is 18.0 Å². The molecule has 0 fully saturated rings. The van der Waals surface area contributed by atoms with Crippen LogP contribution in [-0.2, 0) is 5.41 Å². The molecule has 0 atom stereocenters. The number of nitrogens with zero attached hydrogens (tertiary/aromatic N) is 2. The van der Waals surface area contributed by atoms with Crippen LogP contribution in [0.2, 0.25) is 0 Å². The Morgan fingerprint density at radius 1 is 0.561 bits per heavy atom. The highest BCUT2D eigenvalue weighted by molar-refractivity contribution is 7.20. The minimum atomic E-state index is -2.78. The van der Waals surface area contributed by atoms with Gasteiger partial charge in [0.1, 0.15) is 11.5 Å². The van der Waals surface area contributed by atoms with E-state index in [1.54, 1.807) is 0 Å². The van der Waals surface area contributed by atoms with Crippen LogP contribution in [0.5, 0.6) is 11.5 Å². The topological polar surface area (TPSA) is 35.0 Å². The molecule has 0 N–H and O–H groups in total. The Labute approximate surface area is 242 Å². The molecule has 4 heteroatoms. The quantitative estimate of drug-likeness (QED) is 0.251. The minimum absolute atomic E-state index is 0.126. The Bertz CT molecular complexity index is 1800. The maximum Gasteiger partial charge on any atom is 0.202 e. The number of pyridine rings is 2. The van der Waals surface area contributed by atoms with Crippen LogP contribution in [0.15, 0.2) is 146 Å². The average Bonchev–Trinajstić information content (AvgIpc) is 3.03. The fraction of sp³-hybridized carbons (Fsp3) is 0.0811. The second-order valence-electron chi connectivity index (χ2n) is 11.1. The SMILES string of the molecule is CC1(C)c2ccccc2[Si](c2cccc(Oc3cccc(-c4ccccn4)c3)c2)(c2ccccn2)c2ccccc21. The molecule has 2 aromatic heterocycles. The highest BCUT2D eigenvalue weighted by Crippen LogP contribution is 2.36. The lowest BCUT2D eigenvalue weighted by Gasteiger charge is -2.45. The highest BCUT2D eigenvalue weighted by Gasteiger charge is 2.51. The van der Waals surface area contributed by atoms with Crippen molar-refractivity contribution in [1.82, 2.24) is 9.97 Å². The first-order chi connectivity index (χ1) is 20.1. The normalized spacial score (nSPS) is 14.5. The summed E-state index contributed by atoms with van der Waals surface area (Å²) >= 11 is 0. The van der Waals surface area contributed by atoms with Crippen molar-refractivity contribution in [3.05, 3.63) is 157 Å². The molecule has 0 saturated carbocycles. The Balaban J connectivity index is 1.43. The number of hydrogen-bond donors (Lipinski definition) is 0. The summed E-state index contributed by atoms with van der Waals surface area (Å²) in [6, 6.07) is 47.0. The maximum atomic E-state index is 6.54. The van der Waals surface area contributed by atoms with Crippen molar-refractivity contribution >= 4 is 29.0 Å². The first-order valence-electron chi connectivity index (χ1n) is 14.0. The molecule has 6 aromatic rings. The van der Waals surface area contributed by atoms with E-state index in [9.17, 15) is 0 Å². The molecule has 198 valence electrons. The third kappa shape index (κ3) is 4.11. The fourth-order valence-corrected chi connectivity index (χ4v) is 11.9. The van der Waals surface area contributed by atoms with Gasteiger partial charge in [-0.25, -0.2) is 0 Å². The van der Waals surface area contributed by atoms with E-state index in [1.807, 2.05) is 54.9 Å². The van der Waals surface area contributed by atoms with Crippen molar-refractivity contribution in [1.29, 1.82) is 0 Å². The highest BCUT2D eigenvalue weighted by atomic mass is 28.3. The summed E-state index contributed by atoms with van der Waals surface area (Å²) in [5.74, 6) is 1.59. The van der Waals surface area contributed by atoms with Crippen LogP contribution in [0, 0.1) is 0 Å². The predicted octanol–water partition coefficient (Wildman–Crippen LogP) is 5.95. The van der Waals surface area contributed by atoms with E-state index in [0.29, 0.717) is 0 Å². The van der Waals surface area contributed by atoms with Crippen LogP contribution >= 0.6 is 0 Å². The molecule has 0 radical (unpaired) electrons. The third-order valence-electron chi connectivity index (χ3n) is 8.36. The summed E-state index contributed by atoms with van der Waals surface area (Å²) in [4.78, 5) is 9.58. The zero-order valence-electron chi connectivity index (χ0n) is 23.2.